The van der Waals surface area contributed by atoms with Crippen molar-refractivity contribution in [1.82, 2.24) is 14.8 Å². The first kappa shape index (κ1) is 15.1. The highest BCUT2D eigenvalue weighted by atomic mass is 35.5. The van der Waals surface area contributed by atoms with Crippen LogP contribution in [0, 0.1) is 0 Å². The zero-order valence-electron chi connectivity index (χ0n) is 11.5. The van der Waals surface area contributed by atoms with Crippen molar-refractivity contribution < 1.29 is 19.4 Å². The van der Waals surface area contributed by atoms with Gasteiger partial charge in [-0.2, -0.15) is 5.10 Å². The average Bonchev–Trinajstić information content (AvgIpc) is 2.92. The molecule has 1 N–H and O–H groups in total. The first-order chi connectivity index (χ1) is 10.1. The molecule has 0 aliphatic heterocycles. The molecule has 0 saturated carbocycles. The molecule has 1 aromatic heterocycles. The molecule has 2 aromatic rings. The van der Waals surface area contributed by atoms with E-state index < -0.39 is 5.97 Å². The summed E-state index contributed by atoms with van der Waals surface area (Å²) in [6.07, 6.45) is 1.42. The maximum absolute atomic E-state index is 11.3. The number of carboxylic acids is 1. The van der Waals surface area contributed by atoms with E-state index in [9.17, 15) is 9.90 Å². The number of aryl methyl sites for hydroxylation is 1. The summed E-state index contributed by atoms with van der Waals surface area (Å²) in [5, 5.41) is 13.5. The molecule has 0 atom stereocenters. The van der Waals surface area contributed by atoms with E-state index in [1.54, 1.807) is 4.68 Å². The molecule has 1 aromatic carbocycles. The number of hydrogen-bond donors (Lipinski definition) is 1. The summed E-state index contributed by atoms with van der Waals surface area (Å²) in [4.78, 5) is 15.4. The van der Waals surface area contributed by atoms with Crippen LogP contribution < -0.4 is 9.47 Å². The molecule has 2 rings (SSSR count). The van der Waals surface area contributed by atoms with Crippen LogP contribution in [0.15, 0.2) is 18.5 Å². The SMILES string of the molecule is CCn1ncnc1COc1c(OC)cc(Cl)cc1C(=O)O. The Kier molecular flexibility index (Phi) is 4.64. The standard InChI is InChI=1S/C13H14ClN3O4/c1-3-17-11(15-7-16-17)6-21-12-9(13(18)19)4-8(14)5-10(12)20-2/h4-5,7H,3,6H2,1-2H3,(H,18,19). The Hall–Kier alpha value is -2.28. The monoisotopic (exact) mass is 311 g/mol. The summed E-state index contributed by atoms with van der Waals surface area (Å²) in [7, 11) is 1.42. The van der Waals surface area contributed by atoms with Crippen molar-refractivity contribution in [2.45, 2.75) is 20.1 Å². The lowest BCUT2D eigenvalue weighted by atomic mass is 10.2. The second-order valence-electron chi connectivity index (χ2n) is 4.07. The number of hydrogen-bond acceptors (Lipinski definition) is 5. The Morgan fingerprint density at radius 3 is 2.86 bits per heavy atom. The lowest BCUT2D eigenvalue weighted by molar-refractivity contribution is 0.0690. The topological polar surface area (TPSA) is 86.5 Å². The number of aromatic carboxylic acids is 1. The zero-order valence-corrected chi connectivity index (χ0v) is 12.3. The van der Waals surface area contributed by atoms with Crippen LogP contribution in [0.1, 0.15) is 23.1 Å². The van der Waals surface area contributed by atoms with E-state index in [1.165, 1.54) is 25.6 Å². The van der Waals surface area contributed by atoms with E-state index in [1.807, 2.05) is 6.92 Å². The van der Waals surface area contributed by atoms with Gasteiger partial charge in [0.15, 0.2) is 17.3 Å². The summed E-state index contributed by atoms with van der Waals surface area (Å²) < 4.78 is 12.4. The molecule has 0 saturated heterocycles. The molecule has 0 unspecified atom stereocenters. The van der Waals surface area contributed by atoms with Crippen molar-refractivity contribution in [2.75, 3.05) is 7.11 Å². The van der Waals surface area contributed by atoms with Gasteiger partial charge in [-0.1, -0.05) is 11.6 Å². The second kappa shape index (κ2) is 6.45. The normalized spacial score (nSPS) is 10.4. The Balaban J connectivity index is 2.32. The third-order valence-corrected chi connectivity index (χ3v) is 3.03. The fraction of sp³-hybridized carbons (Fsp3) is 0.308. The first-order valence-electron chi connectivity index (χ1n) is 6.17. The zero-order chi connectivity index (χ0) is 15.4. The minimum absolute atomic E-state index is 0.0677. The Labute approximate surface area is 126 Å². The Morgan fingerprint density at radius 1 is 1.48 bits per heavy atom. The van der Waals surface area contributed by atoms with Crippen molar-refractivity contribution in [1.29, 1.82) is 0 Å². The Bertz CT molecular complexity index is 657. The van der Waals surface area contributed by atoms with Crippen molar-refractivity contribution in [3.05, 3.63) is 34.9 Å². The van der Waals surface area contributed by atoms with Gasteiger partial charge in [-0.3, -0.25) is 0 Å². The molecule has 0 aliphatic carbocycles. The molecule has 0 spiro atoms. The molecule has 0 bridgehead atoms. The van der Waals surface area contributed by atoms with Crippen LogP contribution in [0.5, 0.6) is 11.5 Å². The molecule has 112 valence electrons. The van der Waals surface area contributed by atoms with E-state index in [2.05, 4.69) is 10.1 Å². The summed E-state index contributed by atoms with van der Waals surface area (Å²) in [6, 6.07) is 2.81. The van der Waals surface area contributed by atoms with Crippen LogP contribution in [-0.2, 0) is 13.2 Å². The number of methoxy groups -OCH3 is 1. The second-order valence-corrected chi connectivity index (χ2v) is 4.51. The predicted molar refractivity (Wildman–Crippen MR) is 75.0 cm³/mol. The molecular formula is C13H14ClN3O4. The number of ether oxygens (including phenoxy) is 2. The number of halogens is 1. The highest BCUT2D eigenvalue weighted by Crippen LogP contribution is 2.35. The van der Waals surface area contributed by atoms with Gasteiger partial charge in [-0.15, -0.1) is 0 Å². The van der Waals surface area contributed by atoms with Crippen molar-refractivity contribution in [3.63, 3.8) is 0 Å². The lowest BCUT2D eigenvalue weighted by Gasteiger charge is -2.13. The Morgan fingerprint density at radius 2 is 2.24 bits per heavy atom. The van der Waals surface area contributed by atoms with Gasteiger partial charge in [0, 0.05) is 17.6 Å². The van der Waals surface area contributed by atoms with E-state index in [0.29, 0.717) is 12.4 Å². The van der Waals surface area contributed by atoms with Crippen LogP contribution in [0.3, 0.4) is 0 Å². The number of carbonyl (C=O) groups is 1. The van der Waals surface area contributed by atoms with E-state index in [-0.39, 0.29) is 28.7 Å². The summed E-state index contributed by atoms with van der Waals surface area (Å²) in [6.45, 7) is 2.64. The van der Waals surface area contributed by atoms with E-state index >= 15 is 0 Å². The molecular weight excluding hydrogens is 298 g/mol. The van der Waals surface area contributed by atoms with Gasteiger partial charge < -0.3 is 14.6 Å². The fourth-order valence-corrected chi connectivity index (χ4v) is 2.04. The molecule has 7 nitrogen and oxygen atoms in total. The lowest BCUT2D eigenvalue weighted by Crippen LogP contribution is -2.10. The smallest absolute Gasteiger partial charge is 0.339 e. The molecule has 0 amide bonds. The van der Waals surface area contributed by atoms with Crippen LogP contribution in [0.4, 0.5) is 0 Å². The highest BCUT2D eigenvalue weighted by Gasteiger charge is 2.19. The summed E-state index contributed by atoms with van der Waals surface area (Å²) in [5.74, 6) is -0.198. The summed E-state index contributed by atoms with van der Waals surface area (Å²) >= 11 is 5.87. The number of rotatable bonds is 6. The number of carboxylic acid groups (broad SMARTS) is 1. The molecule has 8 heteroatoms. The molecule has 21 heavy (non-hydrogen) atoms. The quantitative estimate of drug-likeness (QED) is 0.880. The number of aromatic nitrogens is 3. The van der Waals surface area contributed by atoms with Crippen molar-refractivity contribution in [3.8, 4) is 11.5 Å². The fourth-order valence-electron chi connectivity index (χ4n) is 1.83. The van der Waals surface area contributed by atoms with Gasteiger partial charge in [0.1, 0.15) is 18.5 Å². The van der Waals surface area contributed by atoms with Crippen LogP contribution in [0.25, 0.3) is 0 Å². The summed E-state index contributed by atoms with van der Waals surface area (Å²) in [5.41, 5.74) is -0.0677. The van der Waals surface area contributed by atoms with Crippen molar-refractivity contribution in [2.24, 2.45) is 0 Å². The minimum atomic E-state index is -1.15. The maximum Gasteiger partial charge on any atom is 0.339 e. The first-order valence-corrected chi connectivity index (χ1v) is 6.55. The van der Waals surface area contributed by atoms with Gasteiger partial charge in [-0.25, -0.2) is 14.5 Å². The van der Waals surface area contributed by atoms with Gasteiger partial charge in [0.25, 0.3) is 0 Å². The van der Waals surface area contributed by atoms with Gasteiger partial charge in [0.2, 0.25) is 0 Å². The maximum atomic E-state index is 11.3. The number of nitrogens with zero attached hydrogens (tertiary/aromatic N) is 3. The largest absolute Gasteiger partial charge is 0.493 e. The third kappa shape index (κ3) is 3.25. The molecule has 0 radical (unpaired) electrons. The van der Waals surface area contributed by atoms with Crippen LogP contribution in [-0.4, -0.2) is 33.0 Å². The molecule has 1 heterocycles. The minimum Gasteiger partial charge on any atom is -0.493 e. The van der Waals surface area contributed by atoms with E-state index in [4.69, 9.17) is 21.1 Å². The van der Waals surface area contributed by atoms with Crippen LogP contribution >= 0.6 is 11.6 Å². The van der Waals surface area contributed by atoms with Crippen LogP contribution in [0.2, 0.25) is 5.02 Å². The van der Waals surface area contributed by atoms with Crippen molar-refractivity contribution >= 4 is 17.6 Å². The predicted octanol–water partition coefficient (Wildman–Crippen LogP) is 2.24. The highest BCUT2D eigenvalue weighted by molar-refractivity contribution is 6.31. The molecule has 0 fully saturated rings. The number of benzene rings is 1. The van der Waals surface area contributed by atoms with E-state index in [0.717, 1.165) is 0 Å². The third-order valence-electron chi connectivity index (χ3n) is 2.81. The van der Waals surface area contributed by atoms with Gasteiger partial charge in [-0.05, 0) is 13.0 Å². The van der Waals surface area contributed by atoms with Gasteiger partial charge >= 0.3 is 5.97 Å². The average molecular weight is 312 g/mol. The van der Waals surface area contributed by atoms with Gasteiger partial charge in [0.05, 0.1) is 7.11 Å². The molecule has 0 aliphatic rings.